The first-order valence-corrected chi connectivity index (χ1v) is 7.25. The molecule has 1 aromatic carbocycles. The van der Waals surface area contributed by atoms with Crippen molar-refractivity contribution >= 4 is 11.8 Å². The Kier molecular flexibility index (Phi) is 3.66. The van der Waals surface area contributed by atoms with E-state index in [0.29, 0.717) is 12.2 Å². The molecular formula is C16H18N4O2. The van der Waals surface area contributed by atoms with Crippen molar-refractivity contribution in [2.75, 3.05) is 13.1 Å². The monoisotopic (exact) mass is 298 g/mol. The SMILES string of the molecule is Cc1c(-c2ccccc2)n[nH]c1C(=O)N1CC(=O)NC(C)C1. The number of H-pyrrole nitrogens is 1. The lowest BCUT2D eigenvalue weighted by Crippen LogP contribution is -2.54. The largest absolute Gasteiger partial charge is 0.350 e. The Hall–Kier alpha value is -2.63. The number of nitrogens with zero attached hydrogens (tertiary/aromatic N) is 2. The fourth-order valence-corrected chi connectivity index (χ4v) is 2.73. The second-order valence-electron chi connectivity index (χ2n) is 5.59. The fraction of sp³-hybridized carbons (Fsp3) is 0.312. The molecule has 3 rings (SSSR count). The average molecular weight is 298 g/mol. The molecule has 0 radical (unpaired) electrons. The number of aromatic amines is 1. The minimum atomic E-state index is -0.186. The lowest BCUT2D eigenvalue weighted by atomic mass is 10.1. The second kappa shape index (κ2) is 5.63. The molecule has 2 heterocycles. The molecule has 1 saturated heterocycles. The molecule has 0 aliphatic carbocycles. The van der Waals surface area contributed by atoms with E-state index in [4.69, 9.17) is 0 Å². The number of piperazine rings is 1. The molecule has 0 saturated carbocycles. The highest BCUT2D eigenvalue weighted by Gasteiger charge is 2.28. The van der Waals surface area contributed by atoms with Gasteiger partial charge in [-0.2, -0.15) is 5.10 Å². The summed E-state index contributed by atoms with van der Waals surface area (Å²) in [6.07, 6.45) is 0. The van der Waals surface area contributed by atoms with Gasteiger partial charge in [-0.25, -0.2) is 0 Å². The van der Waals surface area contributed by atoms with Crippen molar-refractivity contribution in [2.24, 2.45) is 0 Å². The van der Waals surface area contributed by atoms with E-state index < -0.39 is 0 Å². The minimum absolute atomic E-state index is 0.0398. The molecule has 1 aromatic heterocycles. The van der Waals surface area contributed by atoms with Crippen LogP contribution >= 0.6 is 0 Å². The van der Waals surface area contributed by atoms with Crippen molar-refractivity contribution in [3.05, 3.63) is 41.6 Å². The van der Waals surface area contributed by atoms with Crippen LogP contribution < -0.4 is 5.32 Å². The summed E-state index contributed by atoms with van der Waals surface area (Å²) in [6.45, 7) is 4.34. The lowest BCUT2D eigenvalue weighted by Gasteiger charge is -2.30. The zero-order valence-electron chi connectivity index (χ0n) is 12.6. The smallest absolute Gasteiger partial charge is 0.272 e. The molecule has 1 aliphatic rings. The van der Waals surface area contributed by atoms with E-state index in [1.807, 2.05) is 44.2 Å². The number of nitrogens with one attached hydrogen (secondary N) is 2. The lowest BCUT2D eigenvalue weighted by molar-refractivity contribution is -0.124. The molecule has 6 nitrogen and oxygen atoms in total. The number of hydrogen-bond acceptors (Lipinski definition) is 3. The highest BCUT2D eigenvalue weighted by Crippen LogP contribution is 2.23. The predicted octanol–water partition coefficient (Wildman–Crippen LogP) is 1.35. The van der Waals surface area contributed by atoms with Crippen LogP contribution in [0, 0.1) is 6.92 Å². The van der Waals surface area contributed by atoms with Crippen molar-refractivity contribution in [3.8, 4) is 11.3 Å². The van der Waals surface area contributed by atoms with Crippen LogP contribution in [0.3, 0.4) is 0 Å². The molecule has 1 fully saturated rings. The molecule has 0 bridgehead atoms. The average Bonchev–Trinajstić information content (AvgIpc) is 2.88. The highest BCUT2D eigenvalue weighted by atomic mass is 16.2. The topological polar surface area (TPSA) is 78.1 Å². The molecule has 1 aliphatic heterocycles. The highest BCUT2D eigenvalue weighted by molar-refractivity contribution is 5.98. The maximum absolute atomic E-state index is 12.6. The van der Waals surface area contributed by atoms with E-state index in [0.717, 1.165) is 16.8 Å². The summed E-state index contributed by atoms with van der Waals surface area (Å²) in [5.74, 6) is -0.318. The summed E-state index contributed by atoms with van der Waals surface area (Å²) in [5, 5.41) is 9.90. The molecule has 1 unspecified atom stereocenters. The number of carbonyl (C=O) groups excluding carboxylic acids is 2. The summed E-state index contributed by atoms with van der Waals surface area (Å²) < 4.78 is 0. The van der Waals surface area contributed by atoms with Crippen molar-refractivity contribution in [2.45, 2.75) is 19.9 Å². The first kappa shape index (κ1) is 14.3. The molecule has 1 atom stereocenters. The Bertz CT molecular complexity index is 708. The first-order chi connectivity index (χ1) is 10.6. The van der Waals surface area contributed by atoms with Crippen LogP contribution in [0.2, 0.25) is 0 Å². The van der Waals surface area contributed by atoms with Gasteiger partial charge >= 0.3 is 0 Å². The van der Waals surface area contributed by atoms with Gasteiger partial charge in [0.05, 0.1) is 12.2 Å². The second-order valence-corrected chi connectivity index (χ2v) is 5.59. The van der Waals surface area contributed by atoms with Gasteiger partial charge in [0.1, 0.15) is 5.69 Å². The number of amides is 2. The summed E-state index contributed by atoms with van der Waals surface area (Å²) in [5.41, 5.74) is 2.97. The van der Waals surface area contributed by atoms with E-state index >= 15 is 0 Å². The Labute approximate surface area is 128 Å². The summed E-state index contributed by atoms with van der Waals surface area (Å²) in [6, 6.07) is 9.66. The molecule has 2 N–H and O–H groups in total. The van der Waals surface area contributed by atoms with Gasteiger partial charge in [0.25, 0.3) is 5.91 Å². The van der Waals surface area contributed by atoms with Crippen LogP contribution in [0.4, 0.5) is 0 Å². The van der Waals surface area contributed by atoms with Crippen LogP contribution in [0.5, 0.6) is 0 Å². The fourth-order valence-electron chi connectivity index (χ4n) is 2.73. The van der Waals surface area contributed by atoms with Crippen LogP contribution in [-0.2, 0) is 4.79 Å². The van der Waals surface area contributed by atoms with Crippen molar-refractivity contribution in [3.63, 3.8) is 0 Å². The number of hydrogen-bond donors (Lipinski definition) is 2. The van der Waals surface area contributed by atoms with Crippen LogP contribution in [0.25, 0.3) is 11.3 Å². The third kappa shape index (κ3) is 2.59. The Morgan fingerprint density at radius 1 is 1.32 bits per heavy atom. The molecule has 0 spiro atoms. The van der Waals surface area contributed by atoms with Crippen LogP contribution in [0.1, 0.15) is 23.0 Å². The van der Waals surface area contributed by atoms with Gasteiger partial charge in [0, 0.05) is 23.7 Å². The number of carbonyl (C=O) groups is 2. The predicted molar refractivity (Wildman–Crippen MR) is 82.3 cm³/mol. The van der Waals surface area contributed by atoms with Crippen molar-refractivity contribution in [1.82, 2.24) is 20.4 Å². The van der Waals surface area contributed by atoms with Crippen molar-refractivity contribution in [1.29, 1.82) is 0 Å². The summed E-state index contributed by atoms with van der Waals surface area (Å²) in [7, 11) is 0. The summed E-state index contributed by atoms with van der Waals surface area (Å²) in [4.78, 5) is 25.8. The zero-order chi connectivity index (χ0) is 15.7. The van der Waals surface area contributed by atoms with Gasteiger partial charge in [-0.3, -0.25) is 14.7 Å². The Morgan fingerprint density at radius 3 is 2.73 bits per heavy atom. The van der Waals surface area contributed by atoms with Gasteiger partial charge in [0.2, 0.25) is 5.91 Å². The molecule has 2 aromatic rings. The molecule has 22 heavy (non-hydrogen) atoms. The van der Waals surface area contributed by atoms with Gasteiger partial charge < -0.3 is 10.2 Å². The van der Waals surface area contributed by atoms with Gasteiger partial charge in [-0.15, -0.1) is 0 Å². The Balaban J connectivity index is 1.88. The number of aromatic nitrogens is 2. The van der Waals surface area contributed by atoms with Crippen LogP contribution in [0.15, 0.2) is 30.3 Å². The van der Waals surface area contributed by atoms with Gasteiger partial charge in [-0.1, -0.05) is 30.3 Å². The minimum Gasteiger partial charge on any atom is -0.350 e. The molecular weight excluding hydrogens is 280 g/mol. The summed E-state index contributed by atoms with van der Waals surface area (Å²) >= 11 is 0. The molecule has 2 amide bonds. The van der Waals surface area contributed by atoms with E-state index in [1.165, 1.54) is 0 Å². The zero-order valence-corrected chi connectivity index (χ0v) is 12.6. The van der Waals surface area contributed by atoms with E-state index in [1.54, 1.807) is 4.90 Å². The maximum atomic E-state index is 12.6. The third-order valence-electron chi connectivity index (χ3n) is 3.79. The quantitative estimate of drug-likeness (QED) is 0.878. The Morgan fingerprint density at radius 2 is 2.05 bits per heavy atom. The number of rotatable bonds is 2. The molecule has 6 heteroatoms. The molecule has 114 valence electrons. The van der Waals surface area contributed by atoms with E-state index in [2.05, 4.69) is 15.5 Å². The normalized spacial score (nSPS) is 18.2. The van der Waals surface area contributed by atoms with E-state index in [-0.39, 0.29) is 24.4 Å². The van der Waals surface area contributed by atoms with Crippen LogP contribution in [-0.4, -0.2) is 46.0 Å². The van der Waals surface area contributed by atoms with Gasteiger partial charge in [0.15, 0.2) is 0 Å². The standard InChI is InChI=1S/C16H18N4O2/c1-10-8-20(9-13(21)17-10)16(22)15-11(2)14(18-19-15)12-6-4-3-5-7-12/h3-7,10H,8-9H2,1-2H3,(H,17,21)(H,18,19). The van der Waals surface area contributed by atoms with Crippen molar-refractivity contribution < 1.29 is 9.59 Å². The maximum Gasteiger partial charge on any atom is 0.272 e. The third-order valence-corrected chi connectivity index (χ3v) is 3.79. The number of benzene rings is 1. The first-order valence-electron chi connectivity index (χ1n) is 7.25. The van der Waals surface area contributed by atoms with E-state index in [9.17, 15) is 9.59 Å². The van der Waals surface area contributed by atoms with Gasteiger partial charge in [-0.05, 0) is 13.8 Å².